The van der Waals surface area contributed by atoms with Gasteiger partial charge in [0.05, 0.1) is 5.69 Å². The van der Waals surface area contributed by atoms with Crippen LogP contribution in [0.15, 0.2) is 54.6 Å². The van der Waals surface area contributed by atoms with Crippen LogP contribution < -0.4 is 9.64 Å². The van der Waals surface area contributed by atoms with E-state index in [9.17, 15) is 9.90 Å². The van der Waals surface area contributed by atoms with E-state index < -0.39 is 4.84 Å². The minimum Gasteiger partial charge on any atom is -0.507 e. The standard InChI is InChI=1S/C26H25Cl2N3O3/c1-30(2)9-10-34-16-7-8-20-15(11-16)12-21(29-20)26(33)31-14-19(25(27)28)24-18-6-4-3-5-17(18)23(32)13-22(24)31/h3-8,11-13,19,25,29,32H,9-10,14H2,1-2H3. The highest BCUT2D eigenvalue weighted by atomic mass is 35.5. The zero-order valence-corrected chi connectivity index (χ0v) is 20.4. The normalized spacial score (nSPS) is 15.6. The molecule has 0 spiro atoms. The number of halogens is 2. The van der Waals surface area contributed by atoms with E-state index in [-0.39, 0.29) is 17.6 Å². The van der Waals surface area contributed by atoms with Gasteiger partial charge in [0, 0.05) is 41.4 Å². The van der Waals surface area contributed by atoms with Gasteiger partial charge in [0.25, 0.3) is 5.91 Å². The number of hydrogen-bond donors (Lipinski definition) is 2. The molecule has 176 valence electrons. The molecular weight excluding hydrogens is 473 g/mol. The van der Waals surface area contributed by atoms with Crippen LogP contribution in [0.3, 0.4) is 0 Å². The molecule has 1 atom stereocenters. The van der Waals surface area contributed by atoms with Gasteiger partial charge in [-0.1, -0.05) is 24.3 Å². The van der Waals surface area contributed by atoms with E-state index in [1.54, 1.807) is 11.0 Å². The van der Waals surface area contributed by atoms with E-state index in [4.69, 9.17) is 27.9 Å². The van der Waals surface area contributed by atoms with Crippen molar-refractivity contribution < 1.29 is 14.6 Å². The summed E-state index contributed by atoms with van der Waals surface area (Å²) in [6.45, 7) is 1.72. The van der Waals surface area contributed by atoms with Gasteiger partial charge in [-0.25, -0.2) is 0 Å². The number of anilines is 1. The molecule has 1 aliphatic heterocycles. The molecule has 6 nitrogen and oxygen atoms in total. The number of aromatic hydroxyl groups is 1. The smallest absolute Gasteiger partial charge is 0.274 e. The number of phenols is 1. The van der Waals surface area contributed by atoms with Crippen molar-refractivity contribution >= 4 is 56.5 Å². The van der Waals surface area contributed by atoms with E-state index in [2.05, 4.69) is 9.88 Å². The fourth-order valence-electron chi connectivity index (χ4n) is 4.57. The summed E-state index contributed by atoms with van der Waals surface area (Å²) in [4.78, 5) is 19.8. The molecular formula is C26H25Cl2N3O3. The number of likely N-dealkylation sites (N-methyl/N-ethyl adjacent to an activating group) is 1. The number of H-pyrrole nitrogens is 1. The largest absolute Gasteiger partial charge is 0.507 e. The zero-order valence-electron chi connectivity index (χ0n) is 18.9. The maximum Gasteiger partial charge on any atom is 0.274 e. The number of nitrogens with one attached hydrogen (secondary N) is 1. The SMILES string of the molecule is CN(C)CCOc1ccc2[nH]c(C(=O)N3CC(C(Cl)Cl)c4c3cc(O)c3ccccc43)cc2c1. The second-order valence-electron chi connectivity index (χ2n) is 8.81. The number of alkyl halides is 2. The van der Waals surface area contributed by atoms with E-state index >= 15 is 0 Å². The number of benzene rings is 3. The lowest BCUT2D eigenvalue weighted by Gasteiger charge is -2.17. The maximum atomic E-state index is 13.6. The summed E-state index contributed by atoms with van der Waals surface area (Å²) >= 11 is 12.7. The number of aromatic amines is 1. The summed E-state index contributed by atoms with van der Waals surface area (Å²) in [6, 6.07) is 16.7. The Morgan fingerprint density at radius 1 is 1.18 bits per heavy atom. The van der Waals surface area contributed by atoms with Gasteiger partial charge in [-0.05, 0) is 49.3 Å². The van der Waals surface area contributed by atoms with E-state index in [0.29, 0.717) is 29.9 Å². The van der Waals surface area contributed by atoms with Crippen LogP contribution in [0.5, 0.6) is 11.5 Å². The molecule has 1 aliphatic rings. The number of aromatic nitrogens is 1. The number of fused-ring (bicyclic) bond motifs is 4. The molecule has 0 fully saturated rings. The number of phenolic OH excluding ortho intramolecular Hbond substituents is 1. The Bertz CT molecular complexity index is 1380. The highest BCUT2D eigenvalue weighted by Gasteiger charge is 2.38. The second kappa shape index (κ2) is 9.02. The lowest BCUT2D eigenvalue weighted by molar-refractivity contribution is 0.0984. The molecule has 0 saturated heterocycles. The van der Waals surface area contributed by atoms with Gasteiger partial charge in [0.15, 0.2) is 0 Å². The van der Waals surface area contributed by atoms with Crippen molar-refractivity contribution in [3.63, 3.8) is 0 Å². The Kier molecular flexibility index (Phi) is 6.06. The molecule has 34 heavy (non-hydrogen) atoms. The number of amides is 1. The highest BCUT2D eigenvalue weighted by Crippen LogP contribution is 2.48. The average molecular weight is 498 g/mol. The second-order valence-corrected chi connectivity index (χ2v) is 9.98. The molecule has 8 heteroatoms. The van der Waals surface area contributed by atoms with Crippen molar-refractivity contribution in [2.75, 3.05) is 38.7 Å². The van der Waals surface area contributed by atoms with Crippen LogP contribution in [0, 0.1) is 0 Å². The van der Waals surface area contributed by atoms with Crippen molar-refractivity contribution in [3.8, 4) is 11.5 Å². The zero-order chi connectivity index (χ0) is 24.0. The Hall–Kier alpha value is -2.93. The minimum atomic E-state index is -0.700. The summed E-state index contributed by atoms with van der Waals surface area (Å²) in [5.74, 6) is 0.389. The van der Waals surface area contributed by atoms with Gasteiger partial charge in [0.1, 0.15) is 28.6 Å². The molecule has 3 aromatic carbocycles. The van der Waals surface area contributed by atoms with Crippen molar-refractivity contribution in [2.45, 2.75) is 10.8 Å². The van der Waals surface area contributed by atoms with Gasteiger partial charge in [-0.3, -0.25) is 4.79 Å². The number of ether oxygens (including phenoxy) is 1. The van der Waals surface area contributed by atoms with Crippen molar-refractivity contribution in [2.24, 2.45) is 0 Å². The Morgan fingerprint density at radius 3 is 2.68 bits per heavy atom. The maximum absolute atomic E-state index is 13.6. The summed E-state index contributed by atoms with van der Waals surface area (Å²) in [5, 5.41) is 13.1. The monoisotopic (exact) mass is 497 g/mol. The number of carbonyl (C=O) groups excluding carboxylic acids is 1. The predicted octanol–water partition coefficient (Wildman–Crippen LogP) is 5.51. The van der Waals surface area contributed by atoms with E-state index in [1.807, 2.05) is 62.6 Å². The number of rotatable bonds is 6. The molecule has 0 aliphatic carbocycles. The van der Waals surface area contributed by atoms with Crippen LogP contribution in [0.1, 0.15) is 22.0 Å². The molecule has 5 rings (SSSR count). The number of carbonyl (C=O) groups is 1. The number of nitrogens with zero attached hydrogens (tertiary/aromatic N) is 2. The van der Waals surface area contributed by atoms with Gasteiger partial charge in [-0.2, -0.15) is 0 Å². The van der Waals surface area contributed by atoms with Crippen LogP contribution in [-0.4, -0.2) is 59.5 Å². The summed E-state index contributed by atoms with van der Waals surface area (Å²) in [7, 11) is 3.99. The van der Waals surface area contributed by atoms with Gasteiger partial charge in [0.2, 0.25) is 0 Å². The van der Waals surface area contributed by atoms with Gasteiger partial charge in [-0.15, -0.1) is 23.2 Å². The Balaban J connectivity index is 1.49. The molecule has 4 aromatic rings. The Morgan fingerprint density at radius 2 is 1.94 bits per heavy atom. The van der Waals surface area contributed by atoms with Gasteiger partial charge < -0.3 is 24.6 Å². The molecule has 1 aromatic heterocycles. The van der Waals surface area contributed by atoms with Crippen molar-refractivity contribution in [1.82, 2.24) is 9.88 Å². The molecule has 0 bridgehead atoms. The quantitative estimate of drug-likeness (QED) is 0.344. The lowest BCUT2D eigenvalue weighted by Crippen LogP contribution is -2.31. The first-order valence-corrected chi connectivity index (χ1v) is 12.0. The fraction of sp³-hybridized carbons (Fsp3) is 0.269. The van der Waals surface area contributed by atoms with Crippen LogP contribution in [0.2, 0.25) is 0 Å². The molecule has 1 unspecified atom stereocenters. The molecule has 2 N–H and O–H groups in total. The van der Waals surface area contributed by atoms with Crippen LogP contribution >= 0.6 is 23.2 Å². The summed E-state index contributed by atoms with van der Waals surface area (Å²) in [6.07, 6.45) is 0. The topological polar surface area (TPSA) is 68.8 Å². The van der Waals surface area contributed by atoms with Crippen LogP contribution in [0.4, 0.5) is 5.69 Å². The fourth-order valence-corrected chi connectivity index (χ4v) is 4.98. The third-order valence-corrected chi connectivity index (χ3v) is 6.87. The van der Waals surface area contributed by atoms with Crippen molar-refractivity contribution in [3.05, 3.63) is 65.9 Å². The Labute approximate surface area is 207 Å². The first kappa shape index (κ1) is 22.8. The minimum absolute atomic E-state index is 0.115. The van der Waals surface area contributed by atoms with Crippen LogP contribution in [-0.2, 0) is 0 Å². The predicted molar refractivity (Wildman–Crippen MR) is 138 cm³/mol. The van der Waals surface area contributed by atoms with Gasteiger partial charge >= 0.3 is 0 Å². The third-order valence-electron chi connectivity index (χ3n) is 6.26. The highest BCUT2D eigenvalue weighted by molar-refractivity contribution is 6.45. The first-order valence-electron chi connectivity index (χ1n) is 11.1. The first-order chi connectivity index (χ1) is 16.3. The molecule has 2 heterocycles. The summed E-state index contributed by atoms with van der Waals surface area (Å²) < 4.78 is 5.83. The molecule has 0 saturated carbocycles. The third kappa shape index (κ3) is 4.06. The van der Waals surface area contributed by atoms with E-state index in [1.165, 1.54) is 0 Å². The number of hydrogen-bond acceptors (Lipinski definition) is 4. The average Bonchev–Trinajstić information content (AvgIpc) is 3.40. The molecule has 0 radical (unpaired) electrons. The van der Waals surface area contributed by atoms with Crippen molar-refractivity contribution in [1.29, 1.82) is 0 Å². The van der Waals surface area contributed by atoms with E-state index in [0.717, 1.165) is 34.1 Å². The summed E-state index contributed by atoms with van der Waals surface area (Å²) in [5.41, 5.74) is 2.79. The van der Waals surface area contributed by atoms with Crippen LogP contribution in [0.25, 0.3) is 21.7 Å². The molecule has 1 amide bonds. The lowest BCUT2D eigenvalue weighted by atomic mass is 9.95.